The third-order valence-corrected chi connectivity index (χ3v) is 4.68. The average molecular weight is 369 g/mol. The first kappa shape index (κ1) is 16.0. The number of rotatable bonds is 5. The molecule has 0 aromatic heterocycles. The van der Waals surface area contributed by atoms with Crippen molar-refractivity contribution in [3.63, 3.8) is 0 Å². The Morgan fingerprint density at radius 1 is 1.10 bits per heavy atom. The predicted molar refractivity (Wildman–Crippen MR) is 88.8 cm³/mol. The highest BCUT2D eigenvalue weighted by Crippen LogP contribution is 2.20. The monoisotopic (exact) mass is 368 g/mol. The van der Waals surface area contributed by atoms with E-state index in [-0.39, 0.29) is 4.90 Å². The van der Waals surface area contributed by atoms with Crippen LogP contribution in [-0.2, 0) is 16.6 Å². The zero-order valence-corrected chi connectivity index (χ0v) is 14.3. The fourth-order valence-corrected chi connectivity index (χ4v) is 3.55. The lowest BCUT2D eigenvalue weighted by atomic mass is 10.2. The fourth-order valence-electron chi connectivity index (χ4n) is 1.89. The van der Waals surface area contributed by atoms with Gasteiger partial charge in [0.2, 0.25) is 0 Å². The van der Waals surface area contributed by atoms with Crippen LogP contribution in [-0.4, -0.2) is 27.4 Å². The molecule has 0 heterocycles. The molecule has 21 heavy (non-hydrogen) atoms. The second-order valence-corrected chi connectivity index (χ2v) is 7.60. The van der Waals surface area contributed by atoms with E-state index in [0.717, 1.165) is 16.6 Å². The maximum atomic E-state index is 12.3. The number of hydrogen-bond donors (Lipinski definition) is 1. The summed E-state index contributed by atoms with van der Waals surface area (Å²) < 4.78 is 27.9. The molecule has 0 aliphatic carbocycles. The second-order valence-electron chi connectivity index (χ2n) is 5.00. The number of hydrogen-bond acceptors (Lipinski definition) is 3. The van der Waals surface area contributed by atoms with E-state index in [4.69, 9.17) is 0 Å². The summed E-state index contributed by atoms with van der Waals surface area (Å²) in [6.07, 6.45) is 0. The smallest absolute Gasteiger partial charge is 0.261 e. The molecule has 2 aromatic carbocycles. The Balaban J connectivity index is 2.17. The van der Waals surface area contributed by atoms with Crippen molar-refractivity contribution in [3.8, 4) is 0 Å². The maximum absolute atomic E-state index is 12.3. The van der Waals surface area contributed by atoms with Crippen LogP contribution in [0.4, 0.5) is 5.69 Å². The van der Waals surface area contributed by atoms with Crippen LogP contribution in [0.15, 0.2) is 57.9 Å². The van der Waals surface area contributed by atoms with Crippen LogP contribution in [0, 0.1) is 0 Å². The minimum atomic E-state index is -3.56. The summed E-state index contributed by atoms with van der Waals surface area (Å²) >= 11 is 3.28. The van der Waals surface area contributed by atoms with Crippen LogP contribution in [0.5, 0.6) is 0 Å². The zero-order valence-electron chi connectivity index (χ0n) is 11.9. The minimum absolute atomic E-state index is 0.231. The normalized spacial score (nSPS) is 11.6. The van der Waals surface area contributed by atoms with Crippen LogP contribution < -0.4 is 4.72 Å². The molecular formula is C15H17BrN2O2S. The Bertz CT molecular complexity index is 713. The summed E-state index contributed by atoms with van der Waals surface area (Å²) in [5.41, 5.74) is 1.68. The van der Waals surface area contributed by atoms with Gasteiger partial charge in [0, 0.05) is 16.7 Å². The number of nitrogens with zero attached hydrogens (tertiary/aromatic N) is 1. The molecule has 0 saturated carbocycles. The Morgan fingerprint density at radius 2 is 1.76 bits per heavy atom. The second kappa shape index (κ2) is 6.60. The maximum Gasteiger partial charge on any atom is 0.261 e. The summed E-state index contributed by atoms with van der Waals surface area (Å²) in [5.74, 6) is 0. The molecule has 4 nitrogen and oxygen atoms in total. The highest BCUT2D eigenvalue weighted by molar-refractivity contribution is 9.10. The first-order chi connectivity index (χ1) is 9.87. The Labute approximate surface area is 134 Å². The third-order valence-electron chi connectivity index (χ3n) is 2.81. The number of nitrogens with one attached hydrogen (secondary N) is 1. The lowest BCUT2D eigenvalue weighted by molar-refractivity contribution is 0.402. The van der Waals surface area contributed by atoms with Gasteiger partial charge in [0.1, 0.15) is 0 Å². The number of sulfonamides is 1. The van der Waals surface area contributed by atoms with E-state index in [1.807, 2.05) is 26.2 Å². The molecule has 0 spiro atoms. The predicted octanol–water partition coefficient (Wildman–Crippen LogP) is 3.31. The molecular weight excluding hydrogens is 352 g/mol. The van der Waals surface area contributed by atoms with E-state index in [9.17, 15) is 8.42 Å². The highest BCUT2D eigenvalue weighted by Gasteiger charge is 2.14. The van der Waals surface area contributed by atoms with Crippen molar-refractivity contribution in [3.05, 3.63) is 58.6 Å². The van der Waals surface area contributed by atoms with Gasteiger partial charge in [-0.1, -0.05) is 34.1 Å². The number of benzene rings is 2. The first-order valence-corrected chi connectivity index (χ1v) is 8.66. The molecule has 0 amide bonds. The molecule has 6 heteroatoms. The lowest BCUT2D eigenvalue weighted by Gasteiger charge is -2.11. The molecule has 0 fully saturated rings. The Morgan fingerprint density at radius 3 is 2.33 bits per heavy atom. The van der Waals surface area contributed by atoms with Gasteiger partial charge < -0.3 is 4.90 Å². The first-order valence-electron chi connectivity index (χ1n) is 6.39. The molecule has 2 rings (SSSR count). The van der Waals surface area contributed by atoms with E-state index >= 15 is 0 Å². The van der Waals surface area contributed by atoms with Crippen molar-refractivity contribution in [2.75, 3.05) is 18.8 Å². The molecule has 2 aromatic rings. The minimum Gasteiger partial charge on any atom is -0.305 e. The topological polar surface area (TPSA) is 49.4 Å². The summed E-state index contributed by atoms with van der Waals surface area (Å²) in [4.78, 5) is 2.29. The highest BCUT2D eigenvalue weighted by atomic mass is 79.9. The van der Waals surface area contributed by atoms with Gasteiger partial charge in [-0.25, -0.2) is 8.42 Å². The lowest BCUT2D eigenvalue weighted by Crippen LogP contribution is -2.13. The van der Waals surface area contributed by atoms with Crippen molar-refractivity contribution in [1.29, 1.82) is 0 Å². The van der Waals surface area contributed by atoms with Gasteiger partial charge in [-0.3, -0.25) is 4.72 Å². The van der Waals surface area contributed by atoms with Gasteiger partial charge in [0.15, 0.2) is 0 Å². The zero-order chi connectivity index (χ0) is 15.5. The fraction of sp³-hybridized carbons (Fsp3) is 0.200. The van der Waals surface area contributed by atoms with Crippen molar-refractivity contribution in [2.24, 2.45) is 0 Å². The quantitative estimate of drug-likeness (QED) is 0.880. The van der Waals surface area contributed by atoms with Gasteiger partial charge in [0.25, 0.3) is 10.0 Å². The van der Waals surface area contributed by atoms with Gasteiger partial charge in [-0.05, 0) is 50.0 Å². The SMILES string of the molecule is CN(C)Cc1ccc(NS(=O)(=O)c2cccc(Br)c2)cc1. The molecule has 0 aliphatic heterocycles. The van der Waals surface area contributed by atoms with Gasteiger partial charge in [0.05, 0.1) is 4.90 Å². The summed E-state index contributed by atoms with van der Waals surface area (Å²) in [6, 6.07) is 14.0. The molecule has 0 saturated heterocycles. The summed E-state index contributed by atoms with van der Waals surface area (Å²) in [5, 5.41) is 0. The Hall–Kier alpha value is -1.37. The van der Waals surface area contributed by atoms with E-state index in [1.54, 1.807) is 36.4 Å². The van der Waals surface area contributed by atoms with Crippen molar-refractivity contribution < 1.29 is 8.42 Å². The van der Waals surface area contributed by atoms with Gasteiger partial charge >= 0.3 is 0 Å². The van der Waals surface area contributed by atoms with Crippen molar-refractivity contribution in [2.45, 2.75) is 11.4 Å². The van der Waals surface area contributed by atoms with Gasteiger partial charge in [-0.2, -0.15) is 0 Å². The molecule has 0 aliphatic rings. The van der Waals surface area contributed by atoms with E-state index in [1.165, 1.54) is 0 Å². The molecule has 112 valence electrons. The standard InChI is InChI=1S/C15H17BrN2O2S/c1-18(2)11-12-6-8-14(9-7-12)17-21(19,20)15-5-3-4-13(16)10-15/h3-10,17H,11H2,1-2H3. The Kier molecular flexibility index (Phi) is 5.03. The number of anilines is 1. The van der Waals surface area contributed by atoms with E-state index < -0.39 is 10.0 Å². The molecule has 0 radical (unpaired) electrons. The summed E-state index contributed by atoms with van der Waals surface area (Å²) in [7, 11) is 0.418. The van der Waals surface area contributed by atoms with E-state index in [0.29, 0.717) is 5.69 Å². The third kappa shape index (κ3) is 4.56. The molecule has 0 bridgehead atoms. The van der Waals surface area contributed by atoms with Crippen LogP contribution in [0.3, 0.4) is 0 Å². The number of halogens is 1. The molecule has 1 N–H and O–H groups in total. The largest absolute Gasteiger partial charge is 0.305 e. The van der Waals surface area contributed by atoms with Gasteiger partial charge in [-0.15, -0.1) is 0 Å². The van der Waals surface area contributed by atoms with Crippen LogP contribution >= 0.6 is 15.9 Å². The average Bonchev–Trinajstić information content (AvgIpc) is 2.40. The van der Waals surface area contributed by atoms with Crippen LogP contribution in [0.25, 0.3) is 0 Å². The van der Waals surface area contributed by atoms with Crippen molar-refractivity contribution >= 4 is 31.6 Å². The van der Waals surface area contributed by atoms with Crippen LogP contribution in [0.2, 0.25) is 0 Å². The van der Waals surface area contributed by atoms with E-state index in [2.05, 4.69) is 25.6 Å². The summed E-state index contributed by atoms with van der Waals surface area (Å²) in [6.45, 7) is 0.818. The molecule has 0 atom stereocenters. The van der Waals surface area contributed by atoms with Crippen LogP contribution in [0.1, 0.15) is 5.56 Å². The van der Waals surface area contributed by atoms with Crippen molar-refractivity contribution in [1.82, 2.24) is 4.90 Å². The molecule has 0 unspecified atom stereocenters.